The third kappa shape index (κ3) is 2.58. The number of nitriles is 1. The maximum atomic E-state index is 11.9. The van der Waals surface area contributed by atoms with E-state index >= 15 is 0 Å². The highest BCUT2D eigenvalue weighted by atomic mass is 35.5. The van der Waals surface area contributed by atoms with Crippen LogP contribution < -0.4 is 16.4 Å². The normalized spacial score (nSPS) is 23.9. The van der Waals surface area contributed by atoms with Gasteiger partial charge < -0.3 is 16.4 Å². The van der Waals surface area contributed by atoms with E-state index in [2.05, 4.69) is 21.1 Å². The minimum Gasteiger partial charge on any atom is -0.343 e. The molecule has 2 atom stereocenters. The Morgan fingerprint density at radius 1 is 1.79 bits per heavy atom. The summed E-state index contributed by atoms with van der Waals surface area (Å²) >= 11 is 7.05. The van der Waals surface area contributed by atoms with Gasteiger partial charge >= 0.3 is 0 Å². The molecular weight excluding hydrogens is 286 g/mol. The van der Waals surface area contributed by atoms with Crippen molar-refractivity contribution in [2.24, 2.45) is 5.73 Å². The molecule has 1 aromatic rings. The van der Waals surface area contributed by atoms with Gasteiger partial charge in [-0.15, -0.1) is 0 Å². The van der Waals surface area contributed by atoms with Crippen molar-refractivity contribution in [3.8, 4) is 6.07 Å². The first kappa shape index (κ1) is 14.2. The average molecular weight is 300 g/mol. The highest BCUT2D eigenvalue weighted by Crippen LogP contribution is 2.36. The molecule has 0 bridgehead atoms. The zero-order valence-corrected chi connectivity index (χ0v) is 11.9. The molecule has 0 unspecified atom stereocenters. The Bertz CT molecular complexity index is 530. The Morgan fingerprint density at radius 3 is 3.05 bits per heavy atom. The first-order chi connectivity index (χ1) is 9.00. The van der Waals surface area contributed by atoms with Gasteiger partial charge in [0.1, 0.15) is 11.6 Å². The van der Waals surface area contributed by atoms with E-state index in [0.717, 1.165) is 18.1 Å². The van der Waals surface area contributed by atoms with Crippen LogP contribution in [0.25, 0.3) is 0 Å². The lowest BCUT2D eigenvalue weighted by molar-refractivity contribution is -0.123. The maximum absolute atomic E-state index is 11.9. The summed E-state index contributed by atoms with van der Waals surface area (Å²) in [7, 11) is 0. The molecule has 1 aromatic heterocycles. The average Bonchev–Trinajstić information content (AvgIpc) is 2.96. The van der Waals surface area contributed by atoms with Crippen molar-refractivity contribution in [2.45, 2.75) is 24.9 Å². The summed E-state index contributed by atoms with van der Waals surface area (Å²) in [6, 6.07) is 1.45. The highest BCUT2D eigenvalue weighted by Gasteiger charge is 2.41. The van der Waals surface area contributed by atoms with Gasteiger partial charge in [0.05, 0.1) is 16.5 Å². The monoisotopic (exact) mass is 299 g/mol. The van der Waals surface area contributed by atoms with E-state index in [4.69, 9.17) is 17.3 Å². The van der Waals surface area contributed by atoms with Gasteiger partial charge in [-0.05, 0) is 31.4 Å². The number of carbonyl (C=O) groups excluding carboxylic acids is 1. The van der Waals surface area contributed by atoms with Gasteiger partial charge in [0.2, 0.25) is 5.91 Å². The van der Waals surface area contributed by atoms with Crippen LogP contribution in [0.3, 0.4) is 0 Å². The summed E-state index contributed by atoms with van der Waals surface area (Å²) in [5.74, 6) is -0.253. The van der Waals surface area contributed by atoms with Crippen LogP contribution in [0.15, 0.2) is 0 Å². The van der Waals surface area contributed by atoms with Crippen LogP contribution in [-0.2, 0) is 10.3 Å². The second kappa shape index (κ2) is 5.43. The van der Waals surface area contributed by atoms with Crippen LogP contribution in [0.2, 0.25) is 5.15 Å². The summed E-state index contributed by atoms with van der Waals surface area (Å²) in [6.45, 7) is 2.91. The summed E-state index contributed by atoms with van der Waals surface area (Å²) in [6.07, 6.45) is 0.679. The molecule has 1 amide bonds. The summed E-state index contributed by atoms with van der Waals surface area (Å²) in [5.41, 5.74) is 5.29. The SMILES string of the molecule is C[C@H](N)C(=O)N[C@@]1(c2snc(Cl)c2C#N)CCNC1. The summed E-state index contributed by atoms with van der Waals surface area (Å²) in [5, 5.41) is 15.5. The number of hydrogen-bond donors (Lipinski definition) is 3. The maximum Gasteiger partial charge on any atom is 0.237 e. The molecule has 1 fully saturated rings. The van der Waals surface area contributed by atoms with Crippen LogP contribution in [0, 0.1) is 11.3 Å². The predicted octanol–water partition coefficient (Wildman–Crippen LogP) is 0.320. The Hall–Kier alpha value is -1.20. The van der Waals surface area contributed by atoms with Crippen molar-refractivity contribution in [3.63, 3.8) is 0 Å². The number of nitrogens with two attached hydrogens (primary N) is 1. The van der Waals surface area contributed by atoms with Crippen LogP contribution in [0.5, 0.6) is 0 Å². The smallest absolute Gasteiger partial charge is 0.237 e. The summed E-state index contributed by atoms with van der Waals surface area (Å²) < 4.78 is 4.00. The molecule has 6 nitrogen and oxygen atoms in total. The third-order valence-corrected chi connectivity index (χ3v) is 4.55. The second-order valence-corrected chi connectivity index (χ2v) is 5.71. The van der Waals surface area contributed by atoms with Crippen molar-refractivity contribution in [2.75, 3.05) is 13.1 Å². The fourth-order valence-electron chi connectivity index (χ4n) is 2.09. The number of carbonyl (C=O) groups is 1. The molecule has 2 heterocycles. The Balaban J connectivity index is 2.40. The minimum atomic E-state index is -0.638. The lowest BCUT2D eigenvalue weighted by Gasteiger charge is -2.29. The fourth-order valence-corrected chi connectivity index (χ4v) is 3.29. The number of nitrogens with one attached hydrogen (secondary N) is 2. The highest BCUT2D eigenvalue weighted by molar-refractivity contribution is 7.06. The number of rotatable bonds is 3. The number of halogens is 1. The molecule has 102 valence electrons. The predicted molar refractivity (Wildman–Crippen MR) is 72.8 cm³/mol. The second-order valence-electron chi connectivity index (χ2n) is 4.58. The van der Waals surface area contributed by atoms with Crippen LogP contribution in [0.4, 0.5) is 0 Å². The fraction of sp³-hybridized carbons (Fsp3) is 0.545. The van der Waals surface area contributed by atoms with E-state index in [1.807, 2.05) is 0 Å². The molecule has 0 saturated carbocycles. The Morgan fingerprint density at radius 2 is 2.53 bits per heavy atom. The molecule has 0 spiro atoms. The first-order valence-electron chi connectivity index (χ1n) is 5.84. The Labute approximate surface area is 120 Å². The van der Waals surface area contributed by atoms with Gasteiger partial charge in [0.15, 0.2) is 5.15 Å². The number of amides is 1. The number of nitrogens with zero attached hydrogens (tertiary/aromatic N) is 2. The zero-order valence-electron chi connectivity index (χ0n) is 10.4. The van der Waals surface area contributed by atoms with Crippen LogP contribution in [-0.4, -0.2) is 29.4 Å². The molecular formula is C11H14ClN5OS. The first-order valence-corrected chi connectivity index (χ1v) is 6.99. The molecule has 8 heteroatoms. The Kier molecular flexibility index (Phi) is 4.06. The lowest BCUT2D eigenvalue weighted by Crippen LogP contribution is -2.52. The van der Waals surface area contributed by atoms with Gasteiger partial charge in [-0.1, -0.05) is 11.6 Å². The topological polar surface area (TPSA) is 104 Å². The van der Waals surface area contributed by atoms with Crippen molar-refractivity contribution >= 4 is 29.0 Å². The molecule has 1 saturated heterocycles. The third-order valence-electron chi connectivity index (χ3n) is 3.13. The van der Waals surface area contributed by atoms with E-state index in [0.29, 0.717) is 23.4 Å². The molecule has 1 aliphatic rings. The quantitative estimate of drug-likeness (QED) is 0.746. The molecule has 4 N–H and O–H groups in total. The van der Waals surface area contributed by atoms with Crippen molar-refractivity contribution in [1.82, 2.24) is 15.0 Å². The van der Waals surface area contributed by atoms with Gasteiger partial charge in [-0.2, -0.15) is 9.64 Å². The van der Waals surface area contributed by atoms with Crippen molar-refractivity contribution in [1.29, 1.82) is 5.26 Å². The van der Waals surface area contributed by atoms with Crippen molar-refractivity contribution < 1.29 is 4.79 Å². The lowest BCUT2D eigenvalue weighted by atomic mass is 9.93. The molecule has 0 radical (unpaired) electrons. The zero-order chi connectivity index (χ0) is 14.0. The molecule has 0 aromatic carbocycles. The van der Waals surface area contributed by atoms with Gasteiger partial charge in [0.25, 0.3) is 0 Å². The van der Waals surface area contributed by atoms with Crippen LogP contribution in [0.1, 0.15) is 23.8 Å². The van der Waals surface area contributed by atoms with E-state index in [-0.39, 0.29) is 11.1 Å². The number of aromatic nitrogens is 1. The molecule has 0 aliphatic carbocycles. The van der Waals surface area contributed by atoms with E-state index < -0.39 is 11.6 Å². The van der Waals surface area contributed by atoms with Crippen LogP contribution >= 0.6 is 23.1 Å². The minimum absolute atomic E-state index is 0.184. The molecule has 1 aliphatic heterocycles. The van der Waals surface area contributed by atoms with E-state index in [9.17, 15) is 10.1 Å². The van der Waals surface area contributed by atoms with Gasteiger partial charge in [-0.3, -0.25) is 4.79 Å². The van der Waals surface area contributed by atoms with E-state index in [1.165, 1.54) is 0 Å². The summed E-state index contributed by atoms with van der Waals surface area (Å²) in [4.78, 5) is 12.6. The largest absolute Gasteiger partial charge is 0.343 e. The van der Waals surface area contributed by atoms with Gasteiger partial charge in [0, 0.05) is 6.54 Å². The van der Waals surface area contributed by atoms with E-state index in [1.54, 1.807) is 6.92 Å². The molecule has 19 heavy (non-hydrogen) atoms. The number of hydrogen-bond acceptors (Lipinski definition) is 6. The standard InChI is InChI=1S/C11H14ClN5OS/c1-6(14)10(18)16-11(2-3-15-5-11)8-7(4-13)9(12)17-19-8/h6,15H,2-3,5,14H2,1H3,(H,16,18)/t6-,11-/m0/s1. The molecule has 2 rings (SSSR count). The van der Waals surface area contributed by atoms with Crippen molar-refractivity contribution in [3.05, 3.63) is 15.6 Å². The van der Waals surface area contributed by atoms with Gasteiger partial charge in [-0.25, -0.2) is 0 Å².